The molecule has 3 saturated heterocycles. The summed E-state index contributed by atoms with van der Waals surface area (Å²) in [6.07, 6.45) is 11.4. The van der Waals surface area contributed by atoms with Crippen LogP contribution in [0.25, 0.3) is 0 Å². The Balaban J connectivity index is 1.45. The molecule has 0 spiro atoms. The van der Waals surface area contributed by atoms with Crippen molar-refractivity contribution < 1.29 is 9.59 Å². The van der Waals surface area contributed by atoms with Gasteiger partial charge in [0.2, 0.25) is 11.8 Å². The molecule has 4 rings (SSSR count). The number of piperidine rings is 3. The molecule has 28 heavy (non-hydrogen) atoms. The van der Waals surface area contributed by atoms with Gasteiger partial charge in [0.15, 0.2) is 0 Å². The van der Waals surface area contributed by atoms with E-state index >= 15 is 0 Å². The first-order valence-corrected chi connectivity index (χ1v) is 11.2. The van der Waals surface area contributed by atoms with Gasteiger partial charge in [0.25, 0.3) is 0 Å². The normalized spacial score (nSPS) is 29.7. The summed E-state index contributed by atoms with van der Waals surface area (Å²) >= 11 is 0. The average Bonchev–Trinajstić information content (AvgIpc) is 3.17. The van der Waals surface area contributed by atoms with Gasteiger partial charge >= 0.3 is 0 Å². The topological polar surface area (TPSA) is 58.4 Å². The summed E-state index contributed by atoms with van der Waals surface area (Å²) in [5, 5.41) is 0. The molecule has 0 aliphatic carbocycles. The summed E-state index contributed by atoms with van der Waals surface area (Å²) in [4.78, 5) is 34.4. The number of carbonyl (C=O) groups is 2. The van der Waals surface area contributed by atoms with Crippen molar-refractivity contribution in [2.75, 3.05) is 13.1 Å². The molecule has 1 aromatic heterocycles. The van der Waals surface area contributed by atoms with Gasteiger partial charge in [0.1, 0.15) is 5.82 Å². The van der Waals surface area contributed by atoms with Crippen LogP contribution in [0.1, 0.15) is 64.6 Å². The number of nitrogens with zero attached hydrogens (tertiary/aromatic N) is 4. The van der Waals surface area contributed by atoms with Crippen LogP contribution in [-0.2, 0) is 22.6 Å². The zero-order valence-electron chi connectivity index (χ0n) is 17.3. The van der Waals surface area contributed by atoms with Crippen LogP contribution in [0.2, 0.25) is 0 Å². The molecular weight excluding hydrogens is 352 g/mol. The maximum Gasteiger partial charge on any atom is 0.224 e. The van der Waals surface area contributed by atoms with E-state index in [1.165, 1.54) is 6.42 Å². The summed E-state index contributed by atoms with van der Waals surface area (Å²) < 4.78 is 2.10. The van der Waals surface area contributed by atoms with Crippen LogP contribution in [0.3, 0.4) is 0 Å². The van der Waals surface area contributed by atoms with Crippen molar-refractivity contribution in [1.29, 1.82) is 0 Å². The molecule has 6 heteroatoms. The lowest BCUT2D eigenvalue weighted by atomic mass is 9.71. The Morgan fingerprint density at radius 2 is 2.07 bits per heavy atom. The SMILES string of the molecule is CCC[C@H]1[C@H]2C[C@H](CN(C(=O)CCn3ccnc3CC)C2)[C@@H]2CCCC(=O)N21. The number of aromatic nitrogens is 2. The van der Waals surface area contributed by atoms with Gasteiger partial charge in [-0.1, -0.05) is 20.3 Å². The van der Waals surface area contributed by atoms with Crippen molar-refractivity contribution in [3.05, 3.63) is 18.2 Å². The minimum absolute atomic E-state index is 0.260. The van der Waals surface area contributed by atoms with E-state index in [-0.39, 0.29) is 5.91 Å². The molecule has 4 atom stereocenters. The van der Waals surface area contributed by atoms with Crippen molar-refractivity contribution in [2.45, 2.75) is 83.8 Å². The standard InChI is InChI=1S/C22H34N4O2/c1-3-6-18-16-13-17(19-7-5-8-22(28)26(18)19)15-25(14-16)21(27)9-11-24-12-10-23-20(24)4-2/h10,12,16-19H,3-9,11,13-15H2,1-2H3/t16-,17+,18-,19-/m0/s1. The monoisotopic (exact) mass is 386 g/mol. The van der Waals surface area contributed by atoms with Crippen molar-refractivity contribution >= 4 is 11.8 Å². The maximum atomic E-state index is 13.0. The first kappa shape index (κ1) is 19.5. The molecule has 2 bridgehead atoms. The number of rotatable bonds is 6. The Hall–Kier alpha value is -1.85. The van der Waals surface area contributed by atoms with Crippen LogP contribution in [0.5, 0.6) is 0 Å². The lowest BCUT2D eigenvalue weighted by molar-refractivity contribution is -0.156. The number of hydrogen-bond acceptors (Lipinski definition) is 3. The van der Waals surface area contributed by atoms with Crippen LogP contribution < -0.4 is 0 Å². The Labute approximate surface area is 168 Å². The van der Waals surface area contributed by atoms with Gasteiger partial charge < -0.3 is 14.4 Å². The molecule has 1 aromatic rings. The van der Waals surface area contributed by atoms with Crippen molar-refractivity contribution in [2.24, 2.45) is 11.8 Å². The predicted octanol–water partition coefficient (Wildman–Crippen LogP) is 2.86. The predicted molar refractivity (Wildman–Crippen MR) is 108 cm³/mol. The molecular formula is C22H34N4O2. The Morgan fingerprint density at radius 3 is 2.86 bits per heavy atom. The van der Waals surface area contributed by atoms with Crippen LogP contribution in [0.15, 0.2) is 12.4 Å². The van der Waals surface area contributed by atoms with Gasteiger partial charge in [-0.05, 0) is 37.5 Å². The van der Waals surface area contributed by atoms with E-state index in [2.05, 4.69) is 33.2 Å². The van der Waals surface area contributed by atoms with Crippen molar-refractivity contribution in [1.82, 2.24) is 19.4 Å². The fourth-order valence-electron chi connectivity index (χ4n) is 5.88. The van der Waals surface area contributed by atoms with Crippen LogP contribution in [-0.4, -0.2) is 56.3 Å². The quantitative estimate of drug-likeness (QED) is 0.755. The zero-order chi connectivity index (χ0) is 19.7. The van der Waals surface area contributed by atoms with Crippen LogP contribution in [0.4, 0.5) is 0 Å². The van der Waals surface area contributed by atoms with E-state index in [1.807, 2.05) is 12.4 Å². The summed E-state index contributed by atoms with van der Waals surface area (Å²) in [7, 11) is 0. The first-order chi connectivity index (χ1) is 13.6. The number of carbonyl (C=O) groups excluding carboxylic acids is 2. The summed E-state index contributed by atoms with van der Waals surface area (Å²) in [6.45, 7) is 6.66. The van der Waals surface area contributed by atoms with E-state index in [1.54, 1.807) is 0 Å². The highest BCUT2D eigenvalue weighted by Gasteiger charge is 2.49. The number of fused-ring (bicyclic) bond motifs is 4. The zero-order valence-corrected chi connectivity index (χ0v) is 17.3. The maximum absolute atomic E-state index is 13.0. The second-order valence-electron chi connectivity index (χ2n) is 8.81. The van der Waals surface area contributed by atoms with E-state index in [0.29, 0.717) is 49.2 Å². The Kier molecular flexibility index (Phi) is 5.74. The largest absolute Gasteiger partial charge is 0.342 e. The molecule has 0 unspecified atom stereocenters. The molecule has 3 fully saturated rings. The van der Waals surface area contributed by atoms with E-state index in [9.17, 15) is 9.59 Å². The molecule has 0 aromatic carbocycles. The molecule has 6 nitrogen and oxygen atoms in total. The fraction of sp³-hybridized carbons (Fsp3) is 0.773. The fourth-order valence-corrected chi connectivity index (χ4v) is 5.88. The summed E-state index contributed by atoms with van der Waals surface area (Å²) in [5.41, 5.74) is 0. The van der Waals surface area contributed by atoms with Crippen molar-refractivity contribution in [3.63, 3.8) is 0 Å². The lowest BCUT2D eigenvalue weighted by Gasteiger charge is -2.56. The van der Waals surface area contributed by atoms with Gasteiger partial charge in [0.05, 0.1) is 0 Å². The number of aryl methyl sites for hydroxylation is 2. The van der Waals surface area contributed by atoms with Crippen LogP contribution >= 0.6 is 0 Å². The van der Waals surface area contributed by atoms with Gasteiger partial charge in [-0.15, -0.1) is 0 Å². The van der Waals surface area contributed by atoms with E-state index in [4.69, 9.17) is 0 Å². The molecule has 0 saturated carbocycles. The first-order valence-electron chi connectivity index (χ1n) is 11.2. The second kappa shape index (κ2) is 8.26. The molecule has 0 radical (unpaired) electrons. The van der Waals surface area contributed by atoms with Gasteiger partial charge in [-0.3, -0.25) is 9.59 Å². The van der Waals surface area contributed by atoms with Gasteiger partial charge in [-0.25, -0.2) is 4.98 Å². The smallest absolute Gasteiger partial charge is 0.224 e. The molecule has 4 heterocycles. The molecule has 0 N–H and O–H groups in total. The van der Waals surface area contributed by atoms with E-state index in [0.717, 1.165) is 51.0 Å². The number of amides is 2. The lowest BCUT2D eigenvalue weighted by Crippen LogP contribution is -2.65. The highest BCUT2D eigenvalue weighted by atomic mass is 16.2. The highest BCUT2D eigenvalue weighted by molar-refractivity contribution is 5.78. The molecule has 3 aliphatic heterocycles. The number of imidazole rings is 1. The Morgan fingerprint density at radius 1 is 1.25 bits per heavy atom. The van der Waals surface area contributed by atoms with Crippen LogP contribution in [0, 0.1) is 11.8 Å². The number of likely N-dealkylation sites (tertiary alicyclic amines) is 1. The number of hydrogen-bond donors (Lipinski definition) is 0. The third kappa shape index (κ3) is 3.58. The Bertz CT molecular complexity index is 715. The van der Waals surface area contributed by atoms with Gasteiger partial charge in [0, 0.05) is 63.4 Å². The third-order valence-corrected chi connectivity index (χ3v) is 7.12. The minimum Gasteiger partial charge on any atom is -0.342 e. The molecule has 154 valence electrons. The minimum atomic E-state index is 0.260. The average molecular weight is 387 g/mol. The second-order valence-corrected chi connectivity index (χ2v) is 8.81. The highest BCUT2D eigenvalue weighted by Crippen LogP contribution is 2.43. The van der Waals surface area contributed by atoms with Gasteiger partial charge in [-0.2, -0.15) is 0 Å². The third-order valence-electron chi connectivity index (χ3n) is 7.12. The molecule has 3 aliphatic rings. The summed E-state index contributed by atoms with van der Waals surface area (Å²) in [5.74, 6) is 2.57. The molecule has 2 amide bonds. The van der Waals surface area contributed by atoms with E-state index < -0.39 is 0 Å². The van der Waals surface area contributed by atoms with Crippen molar-refractivity contribution in [3.8, 4) is 0 Å². The summed E-state index contributed by atoms with van der Waals surface area (Å²) in [6, 6.07) is 0.681.